The lowest BCUT2D eigenvalue weighted by molar-refractivity contribution is 0.0541. The van der Waals surface area contributed by atoms with Crippen molar-refractivity contribution < 1.29 is 13.5 Å². The highest BCUT2D eigenvalue weighted by atomic mass is 79.9. The second kappa shape index (κ2) is 6.08. The standard InChI is InChI=1S/C13H16BrF2NO/c1-17-13(8-2-4-18-5-3-8)9-6-12(16)10(14)7-11(9)15/h6-8,13,17H,2-5H2,1H3. The maximum absolute atomic E-state index is 14.0. The summed E-state index contributed by atoms with van der Waals surface area (Å²) in [7, 11) is 1.78. The van der Waals surface area contributed by atoms with Gasteiger partial charge < -0.3 is 10.1 Å². The molecule has 0 spiro atoms. The number of rotatable bonds is 3. The molecule has 0 aromatic heterocycles. The van der Waals surface area contributed by atoms with Crippen molar-refractivity contribution in [2.75, 3.05) is 20.3 Å². The van der Waals surface area contributed by atoms with E-state index in [0.717, 1.165) is 12.8 Å². The fraction of sp³-hybridized carbons (Fsp3) is 0.538. The third-order valence-corrected chi connectivity index (χ3v) is 4.03. The van der Waals surface area contributed by atoms with Crippen molar-refractivity contribution in [3.8, 4) is 0 Å². The monoisotopic (exact) mass is 319 g/mol. The first kappa shape index (κ1) is 13.9. The van der Waals surface area contributed by atoms with Gasteiger partial charge in [0.15, 0.2) is 0 Å². The van der Waals surface area contributed by atoms with E-state index in [0.29, 0.717) is 18.8 Å². The van der Waals surface area contributed by atoms with Crippen molar-refractivity contribution in [1.82, 2.24) is 5.32 Å². The van der Waals surface area contributed by atoms with E-state index in [1.54, 1.807) is 7.05 Å². The summed E-state index contributed by atoms with van der Waals surface area (Å²) in [6, 6.07) is 2.29. The zero-order chi connectivity index (χ0) is 13.1. The molecule has 1 atom stereocenters. The van der Waals surface area contributed by atoms with Gasteiger partial charge in [0.2, 0.25) is 0 Å². The van der Waals surface area contributed by atoms with Crippen LogP contribution in [-0.2, 0) is 4.74 Å². The minimum atomic E-state index is -0.432. The fourth-order valence-corrected chi connectivity index (χ4v) is 2.79. The van der Waals surface area contributed by atoms with Gasteiger partial charge in [0.25, 0.3) is 0 Å². The van der Waals surface area contributed by atoms with Crippen LogP contribution in [0.25, 0.3) is 0 Å². The molecule has 0 aliphatic carbocycles. The lowest BCUT2D eigenvalue weighted by atomic mass is 9.87. The molecule has 0 radical (unpaired) electrons. The Balaban J connectivity index is 2.28. The summed E-state index contributed by atoms with van der Waals surface area (Å²) >= 11 is 2.99. The molecule has 100 valence electrons. The van der Waals surface area contributed by atoms with E-state index in [-0.39, 0.29) is 22.2 Å². The molecule has 1 heterocycles. The maximum atomic E-state index is 14.0. The van der Waals surface area contributed by atoms with E-state index < -0.39 is 5.82 Å². The molecule has 5 heteroatoms. The number of nitrogens with one attached hydrogen (secondary N) is 1. The van der Waals surface area contributed by atoms with Crippen LogP contribution in [0.4, 0.5) is 8.78 Å². The van der Waals surface area contributed by atoms with E-state index in [4.69, 9.17) is 4.74 Å². The van der Waals surface area contributed by atoms with Gasteiger partial charge in [-0.3, -0.25) is 0 Å². The van der Waals surface area contributed by atoms with E-state index >= 15 is 0 Å². The molecular weight excluding hydrogens is 304 g/mol. The number of halogens is 3. The molecule has 1 aromatic rings. The molecular formula is C13H16BrF2NO. The van der Waals surface area contributed by atoms with Crippen molar-refractivity contribution in [3.05, 3.63) is 33.8 Å². The normalized spacial score (nSPS) is 18.9. The highest BCUT2D eigenvalue weighted by Crippen LogP contribution is 2.33. The van der Waals surface area contributed by atoms with Crippen LogP contribution >= 0.6 is 15.9 Å². The quantitative estimate of drug-likeness (QED) is 0.862. The second-order valence-corrected chi connectivity index (χ2v) is 5.36. The van der Waals surface area contributed by atoms with Gasteiger partial charge in [-0.25, -0.2) is 8.78 Å². The first-order valence-corrected chi connectivity index (χ1v) is 6.82. The Morgan fingerprint density at radius 2 is 1.94 bits per heavy atom. The van der Waals surface area contributed by atoms with Crippen LogP contribution in [0.3, 0.4) is 0 Å². The molecule has 0 amide bonds. The zero-order valence-electron chi connectivity index (χ0n) is 10.2. The van der Waals surface area contributed by atoms with Gasteiger partial charge in [0.05, 0.1) is 4.47 Å². The van der Waals surface area contributed by atoms with Crippen LogP contribution in [0.2, 0.25) is 0 Å². The van der Waals surface area contributed by atoms with E-state index in [1.807, 2.05) is 0 Å². The topological polar surface area (TPSA) is 21.3 Å². The minimum absolute atomic E-state index is 0.158. The Morgan fingerprint density at radius 1 is 1.28 bits per heavy atom. The molecule has 1 saturated heterocycles. The molecule has 1 fully saturated rings. The Bertz CT molecular complexity index is 422. The molecule has 2 rings (SSSR count). The first-order valence-electron chi connectivity index (χ1n) is 6.03. The van der Waals surface area contributed by atoms with E-state index in [2.05, 4.69) is 21.2 Å². The van der Waals surface area contributed by atoms with Gasteiger partial charge in [0.1, 0.15) is 11.6 Å². The first-order chi connectivity index (χ1) is 8.63. The highest BCUT2D eigenvalue weighted by Gasteiger charge is 2.27. The van der Waals surface area contributed by atoms with Gasteiger partial charge in [-0.2, -0.15) is 0 Å². The average molecular weight is 320 g/mol. The Morgan fingerprint density at radius 3 is 2.56 bits per heavy atom. The number of hydrogen-bond acceptors (Lipinski definition) is 2. The Labute approximate surface area is 114 Å². The van der Waals surface area contributed by atoms with Crippen LogP contribution in [0.1, 0.15) is 24.4 Å². The molecule has 2 nitrogen and oxygen atoms in total. The van der Waals surface area contributed by atoms with Crippen LogP contribution in [0, 0.1) is 17.6 Å². The van der Waals surface area contributed by atoms with Gasteiger partial charge in [0, 0.05) is 24.8 Å². The summed E-state index contributed by atoms with van der Waals surface area (Å²) in [6.45, 7) is 1.37. The summed E-state index contributed by atoms with van der Waals surface area (Å²) < 4.78 is 33.0. The Hall–Kier alpha value is -0.520. The third kappa shape index (κ3) is 2.90. The molecule has 1 unspecified atom stereocenters. The Kier molecular flexibility index (Phi) is 4.70. The molecule has 18 heavy (non-hydrogen) atoms. The summed E-state index contributed by atoms with van der Waals surface area (Å²) in [4.78, 5) is 0. The van der Waals surface area contributed by atoms with Crippen molar-refractivity contribution >= 4 is 15.9 Å². The summed E-state index contributed by atoms with van der Waals surface area (Å²) in [5, 5.41) is 3.10. The fourth-order valence-electron chi connectivity index (χ4n) is 2.47. The molecule has 0 saturated carbocycles. The molecule has 1 aliphatic heterocycles. The smallest absolute Gasteiger partial charge is 0.137 e. The largest absolute Gasteiger partial charge is 0.381 e. The minimum Gasteiger partial charge on any atom is -0.381 e. The molecule has 1 N–H and O–H groups in total. The predicted octanol–water partition coefficient (Wildman–Crippen LogP) is 3.41. The predicted molar refractivity (Wildman–Crippen MR) is 69.4 cm³/mol. The van der Waals surface area contributed by atoms with Gasteiger partial charge in [-0.15, -0.1) is 0 Å². The van der Waals surface area contributed by atoms with Crippen LogP contribution < -0.4 is 5.32 Å². The van der Waals surface area contributed by atoms with Gasteiger partial charge >= 0.3 is 0 Å². The summed E-state index contributed by atoms with van der Waals surface area (Å²) in [5.41, 5.74) is 0.394. The lowest BCUT2D eigenvalue weighted by Gasteiger charge is -2.30. The maximum Gasteiger partial charge on any atom is 0.137 e. The number of ether oxygens (including phenoxy) is 1. The van der Waals surface area contributed by atoms with Crippen molar-refractivity contribution in [1.29, 1.82) is 0 Å². The SMILES string of the molecule is CNC(c1cc(F)c(Br)cc1F)C1CCOCC1. The molecule has 1 aliphatic rings. The second-order valence-electron chi connectivity index (χ2n) is 4.50. The highest BCUT2D eigenvalue weighted by molar-refractivity contribution is 9.10. The van der Waals surface area contributed by atoms with Gasteiger partial charge in [-0.05, 0) is 53.9 Å². The molecule has 0 bridgehead atoms. The third-order valence-electron chi connectivity index (χ3n) is 3.42. The van der Waals surface area contributed by atoms with Crippen LogP contribution in [0.5, 0.6) is 0 Å². The molecule has 1 aromatic carbocycles. The van der Waals surface area contributed by atoms with Crippen LogP contribution in [-0.4, -0.2) is 20.3 Å². The number of hydrogen-bond donors (Lipinski definition) is 1. The van der Waals surface area contributed by atoms with Gasteiger partial charge in [-0.1, -0.05) is 0 Å². The number of benzene rings is 1. The van der Waals surface area contributed by atoms with Crippen molar-refractivity contribution in [2.45, 2.75) is 18.9 Å². The van der Waals surface area contributed by atoms with Crippen LogP contribution in [0.15, 0.2) is 16.6 Å². The van der Waals surface area contributed by atoms with Crippen molar-refractivity contribution in [2.24, 2.45) is 5.92 Å². The van der Waals surface area contributed by atoms with E-state index in [9.17, 15) is 8.78 Å². The summed E-state index contributed by atoms with van der Waals surface area (Å²) in [6.07, 6.45) is 1.73. The summed E-state index contributed by atoms with van der Waals surface area (Å²) in [5.74, 6) is -0.536. The van der Waals surface area contributed by atoms with E-state index in [1.165, 1.54) is 12.1 Å². The average Bonchev–Trinajstić information content (AvgIpc) is 2.38. The zero-order valence-corrected chi connectivity index (χ0v) is 11.8. The lowest BCUT2D eigenvalue weighted by Crippen LogP contribution is -2.30. The van der Waals surface area contributed by atoms with Crippen molar-refractivity contribution in [3.63, 3.8) is 0 Å².